The first-order chi connectivity index (χ1) is 9.48. The Labute approximate surface area is 114 Å². The van der Waals surface area contributed by atoms with E-state index in [1.807, 2.05) is 30.3 Å². The number of alkyl halides is 3. The second-order valence-corrected chi connectivity index (χ2v) is 5.00. The van der Waals surface area contributed by atoms with E-state index in [1.165, 1.54) is 6.92 Å². The molecule has 0 bridgehead atoms. The third-order valence-corrected chi connectivity index (χ3v) is 3.74. The van der Waals surface area contributed by atoms with E-state index in [9.17, 15) is 13.2 Å². The topological polar surface area (TPSA) is 0 Å². The van der Waals surface area contributed by atoms with Crippen LogP contribution in [0.3, 0.4) is 0 Å². The van der Waals surface area contributed by atoms with Crippen LogP contribution in [0.5, 0.6) is 0 Å². The van der Waals surface area contributed by atoms with E-state index in [0.717, 1.165) is 10.8 Å². The molecule has 0 spiro atoms. The Morgan fingerprint density at radius 2 is 1.25 bits per heavy atom. The SMILES string of the molecule is CC(c1c2ccccc2cc2ccccc12)C(F)(F)F. The first kappa shape index (κ1) is 13.0. The third-order valence-electron chi connectivity index (χ3n) is 3.74. The molecule has 0 fully saturated rings. The summed E-state index contributed by atoms with van der Waals surface area (Å²) in [5, 5.41) is 3.04. The standard InChI is InChI=1S/C17H13F3/c1-11(17(18,19)20)16-14-8-4-2-6-12(14)10-13-7-3-5-9-15(13)16/h2-11H,1H3. The van der Waals surface area contributed by atoms with E-state index in [1.54, 1.807) is 24.3 Å². The Morgan fingerprint density at radius 3 is 1.70 bits per heavy atom. The fraction of sp³-hybridized carbons (Fsp3) is 0.176. The molecule has 1 atom stereocenters. The van der Waals surface area contributed by atoms with Crippen LogP contribution in [0.2, 0.25) is 0 Å². The summed E-state index contributed by atoms with van der Waals surface area (Å²) in [6, 6.07) is 16.4. The third kappa shape index (κ3) is 2.03. The van der Waals surface area contributed by atoms with Crippen molar-refractivity contribution in [3.05, 3.63) is 60.2 Å². The molecule has 0 saturated carbocycles. The molecule has 0 heterocycles. The van der Waals surface area contributed by atoms with Gasteiger partial charge in [0.2, 0.25) is 0 Å². The first-order valence-corrected chi connectivity index (χ1v) is 6.45. The second kappa shape index (κ2) is 4.51. The molecule has 1 unspecified atom stereocenters. The van der Waals surface area contributed by atoms with Gasteiger partial charge >= 0.3 is 6.18 Å². The van der Waals surface area contributed by atoms with E-state index in [-0.39, 0.29) is 0 Å². The van der Waals surface area contributed by atoms with Crippen LogP contribution >= 0.6 is 0 Å². The lowest BCUT2D eigenvalue weighted by atomic mass is 9.89. The van der Waals surface area contributed by atoms with Gasteiger partial charge in [-0.3, -0.25) is 0 Å². The number of hydrogen-bond acceptors (Lipinski definition) is 0. The van der Waals surface area contributed by atoms with Gasteiger partial charge in [-0.2, -0.15) is 13.2 Å². The molecule has 3 aromatic carbocycles. The second-order valence-electron chi connectivity index (χ2n) is 5.00. The number of benzene rings is 3. The lowest BCUT2D eigenvalue weighted by Gasteiger charge is -2.20. The highest BCUT2D eigenvalue weighted by atomic mass is 19.4. The fourth-order valence-corrected chi connectivity index (χ4v) is 2.68. The van der Waals surface area contributed by atoms with Gasteiger partial charge in [0.05, 0.1) is 5.92 Å². The highest BCUT2D eigenvalue weighted by molar-refractivity contribution is 6.02. The summed E-state index contributed by atoms with van der Waals surface area (Å²) in [6.45, 7) is 1.23. The van der Waals surface area contributed by atoms with E-state index < -0.39 is 12.1 Å². The summed E-state index contributed by atoms with van der Waals surface area (Å²) < 4.78 is 39.6. The van der Waals surface area contributed by atoms with Crippen molar-refractivity contribution in [1.82, 2.24) is 0 Å². The molecular formula is C17H13F3. The van der Waals surface area contributed by atoms with Crippen molar-refractivity contribution in [2.45, 2.75) is 19.0 Å². The van der Waals surface area contributed by atoms with Crippen LogP contribution in [0.4, 0.5) is 13.2 Å². The van der Waals surface area contributed by atoms with Crippen LogP contribution in [0.25, 0.3) is 21.5 Å². The molecule has 0 radical (unpaired) electrons. The first-order valence-electron chi connectivity index (χ1n) is 6.45. The lowest BCUT2D eigenvalue weighted by molar-refractivity contribution is -0.145. The summed E-state index contributed by atoms with van der Waals surface area (Å²) in [6.07, 6.45) is -4.24. The maximum absolute atomic E-state index is 13.2. The number of fused-ring (bicyclic) bond motifs is 2. The van der Waals surface area contributed by atoms with Crippen LogP contribution < -0.4 is 0 Å². The number of hydrogen-bond donors (Lipinski definition) is 0. The zero-order valence-corrected chi connectivity index (χ0v) is 10.9. The molecule has 20 heavy (non-hydrogen) atoms. The van der Waals surface area contributed by atoms with E-state index in [0.29, 0.717) is 16.3 Å². The van der Waals surface area contributed by atoms with Crippen molar-refractivity contribution in [3.63, 3.8) is 0 Å². The fourth-order valence-electron chi connectivity index (χ4n) is 2.68. The van der Waals surface area contributed by atoms with Gasteiger partial charge < -0.3 is 0 Å². The van der Waals surface area contributed by atoms with Crippen molar-refractivity contribution >= 4 is 21.5 Å². The summed E-state index contributed by atoms with van der Waals surface area (Å²) in [4.78, 5) is 0. The highest BCUT2D eigenvalue weighted by Crippen LogP contribution is 2.41. The van der Waals surface area contributed by atoms with Crippen LogP contribution in [0.1, 0.15) is 18.4 Å². The Kier molecular flexibility index (Phi) is 2.93. The Morgan fingerprint density at radius 1 is 0.800 bits per heavy atom. The van der Waals surface area contributed by atoms with Crippen LogP contribution in [0.15, 0.2) is 54.6 Å². The Balaban J connectivity index is 2.45. The largest absolute Gasteiger partial charge is 0.395 e. The van der Waals surface area contributed by atoms with Crippen molar-refractivity contribution in [3.8, 4) is 0 Å². The van der Waals surface area contributed by atoms with Gasteiger partial charge in [-0.25, -0.2) is 0 Å². The smallest absolute Gasteiger partial charge is 0.170 e. The maximum atomic E-state index is 13.2. The summed E-state index contributed by atoms with van der Waals surface area (Å²) >= 11 is 0. The molecular weight excluding hydrogens is 261 g/mol. The molecule has 0 saturated heterocycles. The van der Waals surface area contributed by atoms with Crippen molar-refractivity contribution in [2.24, 2.45) is 0 Å². The van der Waals surface area contributed by atoms with Gasteiger partial charge in [0.15, 0.2) is 0 Å². The summed E-state index contributed by atoms with van der Waals surface area (Å²) in [5.74, 6) is -1.49. The van der Waals surface area contributed by atoms with E-state index in [2.05, 4.69) is 0 Å². The normalized spacial score (nSPS) is 13.8. The molecule has 3 aromatic rings. The summed E-state index contributed by atoms with van der Waals surface area (Å²) in [7, 11) is 0. The minimum absolute atomic E-state index is 0.367. The average Bonchev–Trinajstić information content (AvgIpc) is 2.43. The maximum Gasteiger partial charge on any atom is 0.395 e. The van der Waals surface area contributed by atoms with Gasteiger partial charge in [-0.05, 0) is 40.1 Å². The molecule has 0 aromatic heterocycles. The monoisotopic (exact) mass is 274 g/mol. The minimum atomic E-state index is -4.24. The predicted octanol–water partition coefficient (Wildman–Crippen LogP) is 5.66. The highest BCUT2D eigenvalue weighted by Gasteiger charge is 2.38. The Bertz CT molecular complexity index is 718. The molecule has 0 N–H and O–H groups in total. The zero-order valence-electron chi connectivity index (χ0n) is 10.9. The van der Waals surface area contributed by atoms with E-state index >= 15 is 0 Å². The summed E-state index contributed by atoms with van der Waals surface area (Å²) in [5.41, 5.74) is 0.367. The molecule has 0 aliphatic heterocycles. The molecule has 102 valence electrons. The molecule has 3 rings (SSSR count). The van der Waals surface area contributed by atoms with Gasteiger partial charge in [0.1, 0.15) is 0 Å². The van der Waals surface area contributed by atoms with E-state index in [4.69, 9.17) is 0 Å². The van der Waals surface area contributed by atoms with Crippen molar-refractivity contribution in [2.75, 3.05) is 0 Å². The van der Waals surface area contributed by atoms with Gasteiger partial charge in [0.25, 0.3) is 0 Å². The number of halogens is 3. The Hall–Kier alpha value is -2.03. The van der Waals surface area contributed by atoms with Crippen LogP contribution in [-0.2, 0) is 0 Å². The minimum Gasteiger partial charge on any atom is -0.170 e. The van der Waals surface area contributed by atoms with Gasteiger partial charge in [-0.15, -0.1) is 0 Å². The van der Waals surface area contributed by atoms with Crippen LogP contribution in [0, 0.1) is 0 Å². The molecule has 0 aliphatic rings. The zero-order chi connectivity index (χ0) is 14.3. The molecule has 0 nitrogen and oxygen atoms in total. The molecule has 0 aliphatic carbocycles. The molecule has 3 heteroatoms. The van der Waals surface area contributed by atoms with Crippen LogP contribution in [-0.4, -0.2) is 6.18 Å². The van der Waals surface area contributed by atoms with Gasteiger partial charge in [0, 0.05) is 0 Å². The molecule has 0 amide bonds. The average molecular weight is 274 g/mol. The number of rotatable bonds is 1. The lowest BCUT2D eigenvalue weighted by Crippen LogP contribution is -2.18. The van der Waals surface area contributed by atoms with Crippen molar-refractivity contribution in [1.29, 1.82) is 0 Å². The van der Waals surface area contributed by atoms with Crippen molar-refractivity contribution < 1.29 is 13.2 Å². The predicted molar refractivity (Wildman–Crippen MR) is 75.9 cm³/mol. The van der Waals surface area contributed by atoms with Gasteiger partial charge in [-0.1, -0.05) is 48.5 Å². The quantitative estimate of drug-likeness (QED) is 0.502.